The van der Waals surface area contributed by atoms with Crippen LogP contribution in [0.25, 0.3) is 10.9 Å². The van der Waals surface area contributed by atoms with Crippen molar-refractivity contribution in [2.45, 2.75) is 25.4 Å². The predicted octanol–water partition coefficient (Wildman–Crippen LogP) is 2.43. The highest BCUT2D eigenvalue weighted by molar-refractivity contribution is 5.83. The molecule has 2 aromatic rings. The van der Waals surface area contributed by atoms with Gasteiger partial charge in [0.1, 0.15) is 0 Å². The third-order valence-electron chi connectivity index (χ3n) is 3.59. The highest BCUT2D eigenvalue weighted by Gasteiger charge is 2.29. The Balaban J connectivity index is 2.51. The molecular formula is C14H21N3. The van der Waals surface area contributed by atoms with E-state index in [0.717, 1.165) is 0 Å². The number of rotatable bonds is 4. The monoisotopic (exact) mass is 231 g/mol. The maximum absolute atomic E-state index is 3.41. The molecule has 1 aromatic heterocycles. The first-order chi connectivity index (χ1) is 8.10. The molecule has 0 amide bonds. The van der Waals surface area contributed by atoms with Gasteiger partial charge in [0.15, 0.2) is 0 Å². The summed E-state index contributed by atoms with van der Waals surface area (Å²) >= 11 is 0. The molecule has 0 radical (unpaired) electrons. The fraction of sp³-hybridized carbons (Fsp3) is 0.429. The molecule has 1 aromatic carbocycles. The minimum atomic E-state index is -0.000283. The zero-order chi connectivity index (χ0) is 12.5. The summed E-state index contributed by atoms with van der Waals surface area (Å²) in [5.41, 5.74) is 2.50. The number of nitrogens with one attached hydrogen (secondary N) is 3. The molecule has 0 saturated carbocycles. The smallest absolute Gasteiger partial charge is 0.0518 e. The maximum Gasteiger partial charge on any atom is 0.0518 e. The molecule has 0 spiro atoms. The number of fused-ring (bicyclic) bond motifs is 1. The van der Waals surface area contributed by atoms with Crippen LogP contribution in [0.4, 0.5) is 0 Å². The first kappa shape index (κ1) is 12.1. The van der Waals surface area contributed by atoms with Crippen molar-refractivity contribution in [2.24, 2.45) is 0 Å². The molecule has 17 heavy (non-hydrogen) atoms. The van der Waals surface area contributed by atoms with Crippen molar-refractivity contribution in [1.29, 1.82) is 0 Å². The highest BCUT2D eigenvalue weighted by atomic mass is 15.0. The Morgan fingerprint density at radius 3 is 2.53 bits per heavy atom. The van der Waals surface area contributed by atoms with Crippen LogP contribution < -0.4 is 10.6 Å². The standard InChI is InChI=1S/C14H21N3/c1-14(2,16-4)13(15-3)11-9-17-12-8-6-5-7-10(11)12/h5-9,13,15-17H,1-4H3. The average Bonchev–Trinajstić information content (AvgIpc) is 2.74. The van der Waals surface area contributed by atoms with Gasteiger partial charge < -0.3 is 15.6 Å². The summed E-state index contributed by atoms with van der Waals surface area (Å²) in [4.78, 5) is 3.33. The normalized spacial score (nSPS) is 14.1. The average molecular weight is 231 g/mol. The van der Waals surface area contributed by atoms with Crippen molar-refractivity contribution in [3.63, 3.8) is 0 Å². The lowest BCUT2D eigenvalue weighted by molar-refractivity contribution is 0.313. The van der Waals surface area contributed by atoms with E-state index in [9.17, 15) is 0 Å². The van der Waals surface area contributed by atoms with Crippen LogP contribution in [0, 0.1) is 0 Å². The van der Waals surface area contributed by atoms with E-state index in [2.05, 4.69) is 59.9 Å². The van der Waals surface area contributed by atoms with E-state index in [1.165, 1.54) is 16.5 Å². The lowest BCUT2D eigenvalue weighted by Gasteiger charge is -2.34. The van der Waals surface area contributed by atoms with Gasteiger partial charge in [-0.05, 0) is 39.6 Å². The summed E-state index contributed by atoms with van der Waals surface area (Å²) in [5.74, 6) is 0. The van der Waals surface area contributed by atoms with Gasteiger partial charge in [0, 0.05) is 22.6 Å². The van der Waals surface area contributed by atoms with E-state index in [1.807, 2.05) is 14.1 Å². The Labute approximate surface area is 103 Å². The molecule has 3 nitrogen and oxygen atoms in total. The second kappa shape index (κ2) is 4.51. The van der Waals surface area contributed by atoms with Gasteiger partial charge in [-0.25, -0.2) is 0 Å². The summed E-state index contributed by atoms with van der Waals surface area (Å²) in [7, 11) is 4.00. The van der Waals surface area contributed by atoms with Crippen molar-refractivity contribution in [3.8, 4) is 0 Å². The lowest BCUT2D eigenvalue weighted by atomic mass is 9.88. The molecule has 0 aliphatic rings. The Kier molecular flexibility index (Phi) is 3.22. The first-order valence-corrected chi connectivity index (χ1v) is 6.02. The van der Waals surface area contributed by atoms with Crippen LogP contribution in [-0.4, -0.2) is 24.6 Å². The Morgan fingerprint density at radius 2 is 1.88 bits per heavy atom. The summed E-state index contributed by atoms with van der Waals surface area (Å²) in [5, 5.41) is 8.06. The van der Waals surface area contributed by atoms with Gasteiger partial charge in [-0.2, -0.15) is 0 Å². The minimum absolute atomic E-state index is 0.000283. The number of likely N-dealkylation sites (N-methyl/N-ethyl adjacent to an activating group) is 2. The van der Waals surface area contributed by atoms with E-state index in [0.29, 0.717) is 0 Å². The van der Waals surface area contributed by atoms with Gasteiger partial charge in [0.05, 0.1) is 6.04 Å². The molecule has 1 heterocycles. The molecule has 0 aliphatic heterocycles. The number of aromatic amines is 1. The summed E-state index contributed by atoms with van der Waals surface area (Å²) in [6.45, 7) is 4.41. The summed E-state index contributed by atoms with van der Waals surface area (Å²) < 4.78 is 0. The van der Waals surface area contributed by atoms with Crippen LogP contribution in [0.1, 0.15) is 25.5 Å². The van der Waals surface area contributed by atoms with Crippen LogP contribution in [0.2, 0.25) is 0 Å². The molecule has 0 aliphatic carbocycles. The van der Waals surface area contributed by atoms with Crippen molar-refractivity contribution < 1.29 is 0 Å². The number of hydrogen-bond acceptors (Lipinski definition) is 2. The third kappa shape index (κ3) is 2.08. The lowest BCUT2D eigenvalue weighted by Crippen LogP contribution is -2.47. The molecule has 0 bridgehead atoms. The number of benzene rings is 1. The van der Waals surface area contributed by atoms with Crippen LogP contribution in [-0.2, 0) is 0 Å². The molecule has 1 unspecified atom stereocenters. The minimum Gasteiger partial charge on any atom is -0.361 e. The molecule has 3 N–H and O–H groups in total. The van der Waals surface area contributed by atoms with E-state index < -0.39 is 0 Å². The first-order valence-electron chi connectivity index (χ1n) is 6.02. The Bertz CT molecular complexity index is 499. The van der Waals surface area contributed by atoms with Crippen LogP contribution in [0.15, 0.2) is 30.5 Å². The second-order valence-electron chi connectivity index (χ2n) is 4.98. The molecule has 3 heteroatoms. The van der Waals surface area contributed by atoms with Crippen molar-refractivity contribution >= 4 is 10.9 Å². The van der Waals surface area contributed by atoms with Crippen molar-refractivity contribution in [2.75, 3.05) is 14.1 Å². The number of para-hydroxylation sites is 1. The largest absolute Gasteiger partial charge is 0.361 e. The van der Waals surface area contributed by atoms with Gasteiger partial charge in [-0.3, -0.25) is 0 Å². The van der Waals surface area contributed by atoms with Crippen LogP contribution in [0.3, 0.4) is 0 Å². The third-order valence-corrected chi connectivity index (χ3v) is 3.59. The fourth-order valence-electron chi connectivity index (χ4n) is 2.38. The molecule has 92 valence electrons. The molecule has 0 saturated heterocycles. The van der Waals surface area contributed by atoms with Crippen molar-refractivity contribution in [3.05, 3.63) is 36.0 Å². The molecule has 2 rings (SSSR count). The van der Waals surface area contributed by atoms with E-state index in [1.54, 1.807) is 0 Å². The van der Waals surface area contributed by atoms with Gasteiger partial charge in [-0.15, -0.1) is 0 Å². The number of hydrogen-bond donors (Lipinski definition) is 3. The van der Waals surface area contributed by atoms with E-state index in [4.69, 9.17) is 0 Å². The van der Waals surface area contributed by atoms with Gasteiger partial charge in [0.25, 0.3) is 0 Å². The second-order valence-corrected chi connectivity index (χ2v) is 4.98. The summed E-state index contributed by atoms with van der Waals surface area (Å²) in [6, 6.07) is 8.68. The van der Waals surface area contributed by atoms with Crippen LogP contribution >= 0.6 is 0 Å². The number of H-pyrrole nitrogens is 1. The Hall–Kier alpha value is -1.32. The van der Waals surface area contributed by atoms with Gasteiger partial charge in [0.2, 0.25) is 0 Å². The van der Waals surface area contributed by atoms with Crippen molar-refractivity contribution in [1.82, 2.24) is 15.6 Å². The Morgan fingerprint density at radius 1 is 1.18 bits per heavy atom. The van der Waals surface area contributed by atoms with Gasteiger partial charge >= 0.3 is 0 Å². The maximum atomic E-state index is 3.41. The SMILES string of the molecule is CNC(c1c[nH]c2ccccc12)C(C)(C)NC. The van der Waals surface area contributed by atoms with E-state index >= 15 is 0 Å². The van der Waals surface area contributed by atoms with Crippen LogP contribution in [0.5, 0.6) is 0 Å². The molecular weight excluding hydrogens is 210 g/mol. The zero-order valence-corrected chi connectivity index (χ0v) is 11.0. The predicted molar refractivity (Wildman–Crippen MR) is 73.2 cm³/mol. The quantitative estimate of drug-likeness (QED) is 0.756. The van der Waals surface area contributed by atoms with Gasteiger partial charge in [-0.1, -0.05) is 18.2 Å². The zero-order valence-electron chi connectivity index (χ0n) is 11.0. The topological polar surface area (TPSA) is 39.9 Å². The summed E-state index contributed by atoms with van der Waals surface area (Å²) in [6.07, 6.45) is 2.10. The molecule has 0 fully saturated rings. The number of aromatic nitrogens is 1. The highest BCUT2D eigenvalue weighted by Crippen LogP contribution is 2.30. The fourth-order valence-corrected chi connectivity index (χ4v) is 2.38. The molecule has 1 atom stereocenters. The van der Waals surface area contributed by atoms with E-state index in [-0.39, 0.29) is 11.6 Å².